The number of thiophene rings is 1. The van der Waals surface area contributed by atoms with Crippen LogP contribution in [0.5, 0.6) is 0 Å². The van der Waals surface area contributed by atoms with Crippen LogP contribution in [0.3, 0.4) is 0 Å². The van der Waals surface area contributed by atoms with Crippen molar-refractivity contribution in [1.29, 1.82) is 5.26 Å². The molecule has 2 aliphatic heterocycles. The summed E-state index contributed by atoms with van der Waals surface area (Å²) in [6.07, 6.45) is 0.210. The van der Waals surface area contributed by atoms with Crippen molar-refractivity contribution in [1.82, 2.24) is 14.4 Å². The molecule has 0 unspecified atom stereocenters. The summed E-state index contributed by atoms with van der Waals surface area (Å²) in [5.74, 6) is -2.99. The topological polar surface area (TPSA) is 117 Å². The second kappa shape index (κ2) is 11.7. The van der Waals surface area contributed by atoms with Crippen LogP contribution >= 0.6 is 11.3 Å². The van der Waals surface area contributed by atoms with E-state index in [4.69, 9.17) is 9.47 Å². The van der Waals surface area contributed by atoms with E-state index in [-0.39, 0.29) is 74.4 Å². The average molecular weight is 682 g/mol. The minimum atomic E-state index is -0.948. The van der Waals surface area contributed by atoms with Crippen molar-refractivity contribution in [2.24, 2.45) is 0 Å². The SMILES string of the molecule is CC(C)(C)OC(=O)Nc1sc2c(F)ccc(-c3c(F)cc4c5c3c(F)cn5CC[C@H]3CN(C(=O)OC(C)(C)C)CCN3C4=O)c2c1C#N. The van der Waals surface area contributed by atoms with E-state index in [1.54, 1.807) is 51.0 Å². The molecule has 1 saturated heterocycles. The molecule has 2 aromatic carbocycles. The Morgan fingerprint density at radius 3 is 2.33 bits per heavy atom. The maximum atomic E-state index is 16.4. The van der Waals surface area contributed by atoms with Gasteiger partial charge in [0, 0.05) is 48.7 Å². The van der Waals surface area contributed by atoms with Gasteiger partial charge in [-0.15, -0.1) is 11.3 Å². The number of benzene rings is 2. The van der Waals surface area contributed by atoms with Crippen LogP contribution in [0.15, 0.2) is 24.4 Å². The Bertz CT molecular complexity index is 2050. The summed E-state index contributed by atoms with van der Waals surface area (Å²) >= 11 is 0.773. The minimum Gasteiger partial charge on any atom is -0.444 e. The number of piperazine rings is 1. The quantitative estimate of drug-likeness (QED) is 0.233. The minimum absolute atomic E-state index is 0.00888. The van der Waals surface area contributed by atoms with Crippen molar-refractivity contribution < 1.29 is 37.0 Å². The highest BCUT2D eigenvalue weighted by Gasteiger charge is 2.38. The van der Waals surface area contributed by atoms with E-state index in [9.17, 15) is 19.6 Å². The molecule has 252 valence electrons. The van der Waals surface area contributed by atoms with Gasteiger partial charge in [-0.3, -0.25) is 10.1 Å². The summed E-state index contributed by atoms with van der Waals surface area (Å²) < 4.78 is 60.0. The lowest BCUT2D eigenvalue weighted by Crippen LogP contribution is -2.57. The highest BCUT2D eigenvalue weighted by molar-refractivity contribution is 7.23. The molecule has 10 nitrogen and oxygen atoms in total. The monoisotopic (exact) mass is 681 g/mol. The maximum Gasteiger partial charge on any atom is 0.412 e. The van der Waals surface area contributed by atoms with Gasteiger partial charge in [0.2, 0.25) is 0 Å². The number of carbonyl (C=O) groups excluding carboxylic acids is 3. The predicted molar refractivity (Wildman–Crippen MR) is 174 cm³/mol. The molecule has 4 heterocycles. The number of aromatic nitrogens is 1. The fourth-order valence-corrected chi connectivity index (χ4v) is 7.38. The van der Waals surface area contributed by atoms with Gasteiger partial charge in [0.25, 0.3) is 5.91 Å². The molecule has 1 N–H and O–H groups in total. The Labute approximate surface area is 278 Å². The molecule has 0 aliphatic carbocycles. The summed E-state index contributed by atoms with van der Waals surface area (Å²) in [4.78, 5) is 42.5. The zero-order valence-corrected chi connectivity index (χ0v) is 28.1. The zero-order chi connectivity index (χ0) is 34.9. The summed E-state index contributed by atoms with van der Waals surface area (Å²) in [5, 5.41) is 12.4. The number of nitriles is 1. The number of hydrogen-bond donors (Lipinski definition) is 1. The number of aryl methyl sites for hydroxylation is 1. The fourth-order valence-electron chi connectivity index (χ4n) is 6.32. The first-order valence-electron chi connectivity index (χ1n) is 15.4. The fraction of sp³-hybridized carbons (Fsp3) is 0.412. The zero-order valence-electron chi connectivity index (χ0n) is 27.3. The van der Waals surface area contributed by atoms with Crippen molar-refractivity contribution >= 4 is 55.4 Å². The lowest BCUT2D eigenvalue weighted by Gasteiger charge is -2.42. The molecule has 0 bridgehead atoms. The van der Waals surface area contributed by atoms with Gasteiger partial charge in [0.15, 0.2) is 0 Å². The van der Waals surface area contributed by atoms with Gasteiger partial charge < -0.3 is 23.8 Å². The number of rotatable bonds is 2. The molecule has 1 fully saturated rings. The number of hydrogen-bond acceptors (Lipinski definition) is 7. The van der Waals surface area contributed by atoms with E-state index in [2.05, 4.69) is 5.32 Å². The standard InChI is InChI=1S/C34H34F3N5O5S/c1-33(2,3)46-31(44)39-29-20(14-38)24-18(7-8-21(35)28(24)48-29)25-22(36)13-19-27-26(25)23(37)16-40(27)10-9-17-15-41(11-12-42(17)30(19)43)32(45)47-34(4,5)6/h7-8,13,16-17H,9-12,15H2,1-6H3,(H,39,44)/t17-/m0/s1. The molecular formula is C34H34F3N5O5S. The molecule has 0 spiro atoms. The maximum absolute atomic E-state index is 16.4. The smallest absolute Gasteiger partial charge is 0.412 e. The number of amides is 3. The third kappa shape index (κ3) is 5.91. The number of anilines is 1. The van der Waals surface area contributed by atoms with Gasteiger partial charge in [-0.2, -0.15) is 5.26 Å². The highest BCUT2D eigenvalue weighted by Crippen LogP contribution is 2.46. The first-order chi connectivity index (χ1) is 22.5. The molecule has 2 aromatic heterocycles. The van der Waals surface area contributed by atoms with Crippen molar-refractivity contribution in [2.45, 2.75) is 71.8 Å². The molecule has 3 amide bonds. The Kier molecular flexibility index (Phi) is 8.10. The highest BCUT2D eigenvalue weighted by atomic mass is 32.1. The predicted octanol–water partition coefficient (Wildman–Crippen LogP) is 7.62. The normalized spacial score (nSPS) is 16.8. The van der Waals surface area contributed by atoms with Crippen LogP contribution < -0.4 is 5.32 Å². The number of ether oxygens (including phenoxy) is 2. The third-order valence-corrected chi connectivity index (χ3v) is 9.28. The first kappa shape index (κ1) is 33.1. The summed E-state index contributed by atoms with van der Waals surface area (Å²) in [6.45, 7) is 11.1. The van der Waals surface area contributed by atoms with E-state index in [1.165, 1.54) is 17.2 Å². The average Bonchev–Trinajstić information content (AvgIpc) is 3.51. The third-order valence-electron chi connectivity index (χ3n) is 8.16. The lowest BCUT2D eigenvalue weighted by molar-refractivity contribution is 0.00286. The van der Waals surface area contributed by atoms with Crippen molar-refractivity contribution in [3.63, 3.8) is 0 Å². The molecule has 1 atom stereocenters. The van der Waals surface area contributed by atoms with Gasteiger partial charge in [-0.1, -0.05) is 6.07 Å². The van der Waals surface area contributed by atoms with Gasteiger partial charge in [0.05, 0.1) is 27.4 Å². The van der Waals surface area contributed by atoms with Crippen molar-refractivity contribution in [2.75, 3.05) is 25.0 Å². The van der Waals surface area contributed by atoms with Crippen LogP contribution in [0.2, 0.25) is 0 Å². The molecule has 4 aromatic rings. The van der Waals surface area contributed by atoms with E-state index in [1.807, 2.05) is 6.07 Å². The Morgan fingerprint density at radius 2 is 1.67 bits per heavy atom. The van der Waals surface area contributed by atoms with Crippen LogP contribution in [0.25, 0.3) is 32.1 Å². The van der Waals surface area contributed by atoms with Crippen LogP contribution in [0.1, 0.15) is 63.9 Å². The van der Waals surface area contributed by atoms with Crippen LogP contribution in [-0.4, -0.2) is 69.3 Å². The molecule has 0 radical (unpaired) electrons. The van der Waals surface area contributed by atoms with Crippen molar-refractivity contribution in [3.05, 3.63) is 53.0 Å². The molecule has 14 heteroatoms. The number of carbonyl (C=O) groups is 3. The van der Waals surface area contributed by atoms with Gasteiger partial charge in [-0.05, 0) is 65.7 Å². The number of halogens is 3. The molecule has 2 aliphatic rings. The molecule has 6 rings (SSSR count). The first-order valence-corrected chi connectivity index (χ1v) is 16.2. The number of nitrogens with zero attached hydrogens (tertiary/aromatic N) is 4. The largest absolute Gasteiger partial charge is 0.444 e. The van der Waals surface area contributed by atoms with E-state index < -0.39 is 52.8 Å². The Hall–Kier alpha value is -4.77. The van der Waals surface area contributed by atoms with Crippen LogP contribution in [0, 0.1) is 28.8 Å². The van der Waals surface area contributed by atoms with E-state index in [0.717, 1.165) is 23.5 Å². The van der Waals surface area contributed by atoms with Crippen molar-refractivity contribution in [3.8, 4) is 17.2 Å². The Morgan fingerprint density at radius 1 is 0.958 bits per heavy atom. The van der Waals surface area contributed by atoms with Gasteiger partial charge in [-0.25, -0.2) is 22.8 Å². The summed E-state index contributed by atoms with van der Waals surface area (Å²) in [6, 6.07) is 4.95. The van der Waals surface area contributed by atoms with E-state index in [0.29, 0.717) is 6.42 Å². The second-order valence-corrected chi connectivity index (χ2v) is 14.9. The second-order valence-electron chi connectivity index (χ2n) is 13.9. The van der Waals surface area contributed by atoms with Crippen LogP contribution in [0.4, 0.5) is 27.8 Å². The molecule has 48 heavy (non-hydrogen) atoms. The van der Waals surface area contributed by atoms with E-state index >= 15 is 13.2 Å². The number of fused-ring (bicyclic) bond motifs is 2. The molecule has 0 saturated carbocycles. The molecular weight excluding hydrogens is 647 g/mol. The lowest BCUT2D eigenvalue weighted by atomic mass is 9.93. The van der Waals surface area contributed by atoms with Crippen LogP contribution in [-0.2, 0) is 16.0 Å². The van der Waals surface area contributed by atoms with Gasteiger partial charge in [0.1, 0.15) is 39.7 Å². The summed E-state index contributed by atoms with van der Waals surface area (Å²) in [7, 11) is 0. The number of nitrogens with one attached hydrogen (secondary N) is 1. The Balaban J connectivity index is 1.45. The summed E-state index contributed by atoms with van der Waals surface area (Å²) in [5.41, 5.74) is -1.80. The van der Waals surface area contributed by atoms with Gasteiger partial charge >= 0.3 is 12.2 Å².